The largest absolute Gasteiger partial charge is 0.477 e. The molecule has 0 aliphatic carbocycles. The second-order valence-corrected chi connectivity index (χ2v) is 10.4. The van der Waals surface area contributed by atoms with E-state index in [1.807, 2.05) is 36.1 Å². The number of nitrogens with zero attached hydrogens (tertiary/aromatic N) is 4. The van der Waals surface area contributed by atoms with Crippen LogP contribution in [0.3, 0.4) is 0 Å². The summed E-state index contributed by atoms with van der Waals surface area (Å²) in [5.74, 6) is -1.32. The molecule has 0 aromatic carbocycles. The molecular weight excluding hydrogens is 500 g/mol. The Kier molecular flexibility index (Phi) is 7.38. The molecule has 2 aliphatic rings. The number of nitrogen functional groups attached to an aromatic ring is 1. The number of carbonyl (C=O) groups excluding carboxylic acids is 2. The molecule has 11 nitrogen and oxygen atoms in total. The fraction of sp³-hybridized carbons (Fsp3) is 0.300. The number of amides is 2. The molecule has 4 rings (SSSR count). The molecule has 2 aliphatic heterocycles. The quantitative estimate of drug-likeness (QED) is 0.142. The highest BCUT2D eigenvalue weighted by atomic mass is 32.2. The lowest BCUT2D eigenvalue weighted by Gasteiger charge is -2.49. The van der Waals surface area contributed by atoms with Crippen molar-refractivity contribution < 1.29 is 28.9 Å². The number of β-lactam (4-membered cyclic amide) rings is 1. The van der Waals surface area contributed by atoms with E-state index < -0.39 is 29.9 Å². The number of carboxylic acids is 1. The lowest BCUT2D eigenvalue weighted by molar-refractivity contribution is -0.671. The number of rotatable bonds is 9. The Morgan fingerprint density at radius 3 is 2.91 bits per heavy atom. The van der Waals surface area contributed by atoms with Crippen LogP contribution >= 0.6 is 34.9 Å². The molecule has 1 fully saturated rings. The normalized spacial score (nSPS) is 19.7. The molecule has 14 heteroatoms. The van der Waals surface area contributed by atoms with E-state index in [-0.39, 0.29) is 12.3 Å². The smallest absolute Gasteiger partial charge is 0.353 e. The number of carbonyl (C=O) groups is 3. The number of fused-ring (bicyclic) bond motifs is 1. The molecule has 34 heavy (non-hydrogen) atoms. The fourth-order valence-electron chi connectivity index (χ4n) is 3.37. The summed E-state index contributed by atoms with van der Waals surface area (Å²) in [4.78, 5) is 48.7. The summed E-state index contributed by atoms with van der Waals surface area (Å²) in [6.07, 6.45) is 4.75. The Labute approximate surface area is 207 Å². The number of carboxylic acid groups (broad SMARTS) is 1. The molecule has 178 valence electrons. The lowest BCUT2D eigenvalue weighted by Crippen LogP contribution is -2.72. The van der Waals surface area contributed by atoms with Crippen LogP contribution in [0.5, 0.6) is 0 Å². The summed E-state index contributed by atoms with van der Waals surface area (Å²) < 4.78 is 1.91. The zero-order chi connectivity index (χ0) is 24.2. The van der Waals surface area contributed by atoms with Gasteiger partial charge in [-0.15, -0.1) is 34.9 Å². The van der Waals surface area contributed by atoms with Gasteiger partial charge in [0, 0.05) is 38.8 Å². The van der Waals surface area contributed by atoms with Crippen LogP contribution in [0.15, 0.2) is 50.6 Å². The van der Waals surface area contributed by atoms with Gasteiger partial charge in [-0.05, 0) is 0 Å². The minimum absolute atomic E-state index is 0.0229. The van der Waals surface area contributed by atoms with Crippen LogP contribution in [0.1, 0.15) is 5.69 Å². The number of oxime groups is 1. The van der Waals surface area contributed by atoms with Gasteiger partial charge in [-0.1, -0.05) is 5.16 Å². The second-order valence-electron chi connectivity index (χ2n) is 7.32. The highest BCUT2D eigenvalue weighted by molar-refractivity contribution is 8.06. The van der Waals surface area contributed by atoms with E-state index in [0.29, 0.717) is 27.2 Å². The number of nitrogens with one attached hydrogen (secondary N) is 1. The van der Waals surface area contributed by atoms with E-state index in [9.17, 15) is 19.5 Å². The summed E-state index contributed by atoms with van der Waals surface area (Å²) >= 11 is 4.16. The van der Waals surface area contributed by atoms with Crippen LogP contribution in [-0.4, -0.2) is 62.6 Å². The highest BCUT2D eigenvalue weighted by Crippen LogP contribution is 2.41. The van der Waals surface area contributed by atoms with Crippen LogP contribution in [0.4, 0.5) is 5.13 Å². The Morgan fingerprint density at radius 2 is 2.24 bits per heavy atom. The van der Waals surface area contributed by atoms with Gasteiger partial charge in [0.2, 0.25) is 0 Å². The summed E-state index contributed by atoms with van der Waals surface area (Å²) in [6.45, 7) is 0.0574. The molecule has 0 bridgehead atoms. The number of aryl methyl sites for hydroxylation is 1. The van der Waals surface area contributed by atoms with E-state index in [1.54, 1.807) is 5.38 Å². The molecule has 4 heterocycles. The van der Waals surface area contributed by atoms with Gasteiger partial charge < -0.3 is 21.0 Å². The van der Waals surface area contributed by atoms with Gasteiger partial charge in [-0.25, -0.2) is 14.3 Å². The first-order valence-electron chi connectivity index (χ1n) is 9.99. The van der Waals surface area contributed by atoms with Crippen molar-refractivity contribution in [2.45, 2.75) is 23.6 Å². The van der Waals surface area contributed by atoms with Crippen LogP contribution < -0.4 is 15.6 Å². The SMILES string of the molecule is C[n+]1ccc(SCC2=C(C(=O)O)N3C(=O)[C@@H](NC(=O)C=NOCc4csc(N)n4)[C@H]3CS2)cc1. The van der Waals surface area contributed by atoms with Gasteiger partial charge in [0.25, 0.3) is 11.8 Å². The van der Waals surface area contributed by atoms with Gasteiger partial charge in [0.05, 0.1) is 11.7 Å². The first kappa shape index (κ1) is 24.0. The van der Waals surface area contributed by atoms with E-state index in [4.69, 9.17) is 10.6 Å². The first-order chi connectivity index (χ1) is 16.3. The van der Waals surface area contributed by atoms with Gasteiger partial charge >= 0.3 is 5.97 Å². The molecule has 2 aromatic heterocycles. The molecule has 2 aromatic rings. The van der Waals surface area contributed by atoms with Crippen molar-refractivity contribution >= 4 is 64.0 Å². The third-order valence-corrected chi connectivity index (χ3v) is 8.14. The Hall–Kier alpha value is -3.10. The van der Waals surface area contributed by atoms with Crippen LogP contribution in [0.2, 0.25) is 0 Å². The lowest BCUT2D eigenvalue weighted by atomic mass is 9.94. The standard InChI is InChI=1S/C20H20N6O5S3/c1-25-4-2-12(3-5-25)32-10-14-17(19(29)30)26-13(9-33-14)16(18(26)28)24-15(27)6-22-31-7-11-8-34-20(21)23-11/h2-6,8,13,16H,7,9-10H2,1H3,(H3-,21,23,24,27,29,30)/p+1/t13-,16+/m1/s1. The fourth-order valence-corrected chi connectivity index (χ4v) is 6.21. The zero-order valence-electron chi connectivity index (χ0n) is 17.9. The summed E-state index contributed by atoms with van der Waals surface area (Å²) in [6, 6.07) is 2.63. The van der Waals surface area contributed by atoms with Crippen molar-refractivity contribution in [1.29, 1.82) is 0 Å². The number of anilines is 1. The van der Waals surface area contributed by atoms with Gasteiger partial charge in [-0.2, -0.15) is 0 Å². The van der Waals surface area contributed by atoms with Crippen molar-refractivity contribution in [3.8, 4) is 0 Å². The molecule has 2 atom stereocenters. The average molecular weight is 522 g/mol. The third-order valence-electron chi connectivity index (χ3n) is 5.00. The predicted octanol–water partition coefficient (Wildman–Crippen LogP) is 0.583. The van der Waals surface area contributed by atoms with Gasteiger partial charge in [-0.3, -0.25) is 14.5 Å². The van der Waals surface area contributed by atoms with Crippen molar-refractivity contribution in [2.24, 2.45) is 12.2 Å². The Morgan fingerprint density at radius 1 is 1.47 bits per heavy atom. The number of aromatic nitrogens is 2. The Balaban J connectivity index is 1.34. The number of thiazole rings is 1. The van der Waals surface area contributed by atoms with E-state index in [2.05, 4.69) is 15.5 Å². The second kappa shape index (κ2) is 10.4. The molecule has 2 amide bonds. The molecular formula is C20H21N6O5S3+. The number of hydrogen-bond acceptors (Lipinski definition) is 10. The maximum atomic E-state index is 12.7. The predicted molar refractivity (Wildman–Crippen MR) is 128 cm³/mol. The van der Waals surface area contributed by atoms with Gasteiger partial charge in [0.1, 0.15) is 25.0 Å². The molecule has 0 spiro atoms. The number of aliphatic carboxylic acids is 1. The Bertz CT molecular complexity index is 1170. The average Bonchev–Trinajstić information content (AvgIpc) is 3.24. The molecule has 0 saturated carbocycles. The molecule has 1 saturated heterocycles. The van der Waals surface area contributed by atoms with Crippen molar-refractivity contribution in [3.05, 3.63) is 46.2 Å². The van der Waals surface area contributed by atoms with Crippen molar-refractivity contribution in [3.63, 3.8) is 0 Å². The van der Waals surface area contributed by atoms with Crippen molar-refractivity contribution in [1.82, 2.24) is 15.2 Å². The van der Waals surface area contributed by atoms with Crippen molar-refractivity contribution in [2.75, 3.05) is 17.2 Å². The van der Waals surface area contributed by atoms with Crippen LogP contribution in [0, 0.1) is 0 Å². The minimum Gasteiger partial charge on any atom is -0.477 e. The maximum Gasteiger partial charge on any atom is 0.353 e. The topological polar surface area (TPSA) is 151 Å². The molecule has 0 unspecified atom stereocenters. The number of hydrogen-bond donors (Lipinski definition) is 3. The summed E-state index contributed by atoms with van der Waals surface area (Å²) in [7, 11) is 1.92. The van der Waals surface area contributed by atoms with E-state index in [1.165, 1.54) is 39.8 Å². The molecule has 0 radical (unpaired) electrons. The summed E-state index contributed by atoms with van der Waals surface area (Å²) in [5, 5.41) is 18.1. The minimum atomic E-state index is -1.16. The number of nitrogens with two attached hydrogens (primary N) is 1. The maximum absolute atomic E-state index is 12.7. The van der Waals surface area contributed by atoms with Crippen LogP contribution in [-0.2, 0) is 32.9 Å². The summed E-state index contributed by atoms with van der Waals surface area (Å²) in [5.41, 5.74) is 6.10. The first-order valence-corrected chi connectivity index (χ1v) is 12.8. The van der Waals surface area contributed by atoms with E-state index in [0.717, 1.165) is 11.1 Å². The van der Waals surface area contributed by atoms with Crippen LogP contribution in [0.25, 0.3) is 0 Å². The third kappa shape index (κ3) is 5.34. The van der Waals surface area contributed by atoms with E-state index >= 15 is 0 Å². The number of thioether (sulfide) groups is 2. The van der Waals surface area contributed by atoms with Gasteiger partial charge in [0.15, 0.2) is 24.1 Å². The highest BCUT2D eigenvalue weighted by Gasteiger charge is 2.53. The monoisotopic (exact) mass is 521 g/mol. The molecule has 4 N–H and O–H groups in total. The number of pyridine rings is 1. The zero-order valence-corrected chi connectivity index (χ0v) is 20.4.